The Balaban J connectivity index is 3.51. The van der Waals surface area contributed by atoms with Gasteiger partial charge in [-0.1, -0.05) is 13.8 Å². The Hall–Kier alpha value is -1.40. The lowest BCUT2D eigenvalue weighted by molar-refractivity contribution is -0.205. The average Bonchev–Trinajstić information content (AvgIpc) is 2.10. The number of hydrogen-bond acceptors (Lipinski definition) is 4. The van der Waals surface area contributed by atoms with E-state index in [1.54, 1.807) is 13.8 Å². The molecule has 0 fully saturated rings. The van der Waals surface area contributed by atoms with E-state index in [2.05, 4.69) is 4.98 Å². The molecule has 1 aromatic heterocycles. The van der Waals surface area contributed by atoms with Crippen molar-refractivity contribution in [3.63, 3.8) is 0 Å². The summed E-state index contributed by atoms with van der Waals surface area (Å²) in [5.41, 5.74) is -1.45. The summed E-state index contributed by atoms with van der Waals surface area (Å²) in [6, 6.07) is 0. The van der Waals surface area contributed by atoms with Gasteiger partial charge in [0.05, 0.1) is 5.69 Å². The Bertz CT molecular complexity index is 470. The van der Waals surface area contributed by atoms with Crippen LogP contribution in [0.2, 0.25) is 0 Å². The van der Waals surface area contributed by atoms with Crippen molar-refractivity contribution in [2.45, 2.75) is 26.6 Å². The van der Waals surface area contributed by atoms with Gasteiger partial charge in [0.25, 0.3) is 5.56 Å². The standard InChI is InChI=1S/C9H14N2O4/c1-4(2)9(14,15)6-5(3)7(12)11-8(13)10-6/h4,14-15H,1-3H3,(H2,10,11,12,13). The van der Waals surface area contributed by atoms with Crippen molar-refractivity contribution in [1.82, 2.24) is 9.97 Å². The molecule has 1 rings (SSSR count). The molecule has 0 aliphatic heterocycles. The number of hydrogen-bond donors (Lipinski definition) is 4. The highest BCUT2D eigenvalue weighted by atomic mass is 16.5. The number of aromatic nitrogens is 2. The molecule has 0 aliphatic rings. The van der Waals surface area contributed by atoms with Crippen molar-refractivity contribution >= 4 is 0 Å². The van der Waals surface area contributed by atoms with Gasteiger partial charge in [-0.15, -0.1) is 0 Å². The molecule has 0 saturated heterocycles. The third-order valence-electron chi connectivity index (χ3n) is 2.35. The van der Waals surface area contributed by atoms with Gasteiger partial charge in [0, 0.05) is 11.5 Å². The molecule has 0 amide bonds. The second-order valence-electron chi connectivity index (χ2n) is 3.79. The fraction of sp³-hybridized carbons (Fsp3) is 0.556. The van der Waals surface area contributed by atoms with Crippen LogP contribution in [-0.4, -0.2) is 20.2 Å². The second kappa shape index (κ2) is 3.63. The highest BCUT2D eigenvalue weighted by Crippen LogP contribution is 2.24. The molecule has 0 aromatic carbocycles. The second-order valence-corrected chi connectivity index (χ2v) is 3.79. The fourth-order valence-electron chi connectivity index (χ4n) is 1.21. The SMILES string of the molecule is Cc1c(C(O)(O)C(C)C)[nH]c(=O)[nH]c1=O. The Morgan fingerprint density at radius 2 is 1.73 bits per heavy atom. The van der Waals surface area contributed by atoms with Gasteiger partial charge in [-0.3, -0.25) is 9.78 Å². The van der Waals surface area contributed by atoms with E-state index in [0.717, 1.165) is 0 Å². The zero-order valence-corrected chi connectivity index (χ0v) is 8.79. The predicted molar refractivity (Wildman–Crippen MR) is 53.4 cm³/mol. The van der Waals surface area contributed by atoms with E-state index >= 15 is 0 Å². The smallest absolute Gasteiger partial charge is 0.326 e. The summed E-state index contributed by atoms with van der Waals surface area (Å²) < 4.78 is 0. The molecule has 6 nitrogen and oxygen atoms in total. The summed E-state index contributed by atoms with van der Waals surface area (Å²) in [5.74, 6) is -2.76. The summed E-state index contributed by atoms with van der Waals surface area (Å²) in [5, 5.41) is 19.5. The van der Waals surface area contributed by atoms with Crippen LogP contribution in [0.3, 0.4) is 0 Å². The van der Waals surface area contributed by atoms with Crippen LogP contribution in [0, 0.1) is 12.8 Å². The first kappa shape index (κ1) is 11.7. The maximum absolute atomic E-state index is 11.2. The molecule has 1 aromatic rings. The van der Waals surface area contributed by atoms with Crippen LogP contribution in [0.15, 0.2) is 9.59 Å². The Labute approximate surface area is 85.6 Å². The zero-order valence-electron chi connectivity index (χ0n) is 8.79. The summed E-state index contributed by atoms with van der Waals surface area (Å²) in [4.78, 5) is 26.5. The predicted octanol–water partition coefficient (Wildman–Crippen LogP) is -0.835. The van der Waals surface area contributed by atoms with E-state index in [-0.39, 0.29) is 11.3 Å². The molecular weight excluding hydrogens is 200 g/mol. The van der Waals surface area contributed by atoms with E-state index in [9.17, 15) is 19.8 Å². The molecule has 6 heteroatoms. The first-order valence-corrected chi connectivity index (χ1v) is 4.55. The molecular formula is C9H14N2O4. The number of H-pyrrole nitrogens is 2. The number of rotatable bonds is 2. The van der Waals surface area contributed by atoms with Gasteiger partial charge in [-0.05, 0) is 6.92 Å². The van der Waals surface area contributed by atoms with E-state index in [0.29, 0.717) is 0 Å². The first-order valence-electron chi connectivity index (χ1n) is 4.55. The molecule has 0 spiro atoms. The van der Waals surface area contributed by atoms with E-state index in [1.807, 2.05) is 4.98 Å². The van der Waals surface area contributed by atoms with Crippen LogP contribution in [0.25, 0.3) is 0 Å². The Morgan fingerprint density at radius 3 is 2.20 bits per heavy atom. The molecule has 1 heterocycles. The van der Waals surface area contributed by atoms with Crippen molar-refractivity contribution in [3.05, 3.63) is 32.1 Å². The molecule has 15 heavy (non-hydrogen) atoms. The van der Waals surface area contributed by atoms with Gasteiger partial charge in [0.2, 0.25) is 5.79 Å². The minimum atomic E-state index is -2.21. The van der Waals surface area contributed by atoms with Crippen molar-refractivity contribution in [2.75, 3.05) is 0 Å². The molecule has 0 saturated carbocycles. The summed E-state index contributed by atoms with van der Waals surface area (Å²) in [6.45, 7) is 4.55. The quantitative estimate of drug-likeness (QED) is 0.482. The van der Waals surface area contributed by atoms with Crippen molar-refractivity contribution in [2.24, 2.45) is 5.92 Å². The molecule has 84 valence electrons. The largest absolute Gasteiger partial charge is 0.361 e. The minimum Gasteiger partial charge on any atom is -0.361 e. The van der Waals surface area contributed by atoms with E-state index < -0.39 is 23.0 Å². The molecule has 0 bridgehead atoms. The van der Waals surface area contributed by atoms with Crippen LogP contribution in [0.1, 0.15) is 25.1 Å². The lowest BCUT2D eigenvalue weighted by Gasteiger charge is -2.26. The molecule has 0 aliphatic carbocycles. The third-order valence-corrected chi connectivity index (χ3v) is 2.35. The van der Waals surface area contributed by atoms with Crippen LogP contribution < -0.4 is 11.2 Å². The van der Waals surface area contributed by atoms with Crippen molar-refractivity contribution in [1.29, 1.82) is 0 Å². The highest BCUT2D eigenvalue weighted by molar-refractivity contribution is 5.19. The molecule has 0 atom stereocenters. The Morgan fingerprint density at radius 1 is 1.20 bits per heavy atom. The van der Waals surface area contributed by atoms with Crippen LogP contribution in [0.4, 0.5) is 0 Å². The maximum Gasteiger partial charge on any atom is 0.326 e. The summed E-state index contributed by atoms with van der Waals surface area (Å²) >= 11 is 0. The van der Waals surface area contributed by atoms with Gasteiger partial charge in [-0.25, -0.2) is 4.79 Å². The topological polar surface area (TPSA) is 106 Å². The fourth-order valence-corrected chi connectivity index (χ4v) is 1.21. The average molecular weight is 214 g/mol. The van der Waals surface area contributed by atoms with Crippen molar-refractivity contribution in [3.8, 4) is 0 Å². The van der Waals surface area contributed by atoms with Gasteiger partial charge in [-0.2, -0.15) is 0 Å². The van der Waals surface area contributed by atoms with Crippen LogP contribution in [-0.2, 0) is 5.79 Å². The van der Waals surface area contributed by atoms with Crippen LogP contribution in [0.5, 0.6) is 0 Å². The summed E-state index contributed by atoms with van der Waals surface area (Å²) in [7, 11) is 0. The lowest BCUT2D eigenvalue weighted by atomic mass is 9.97. The zero-order chi connectivity index (χ0) is 11.8. The Kier molecular flexibility index (Phi) is 2.83. The molecule has 0 radical (unpaired) electrons. The van der Waals surface area contributed by atoms with Gasteiger partial charge < -0.3 is 15.2 Å². The number of aliphatic hydroxyl groups is 2. The van der Waals surface area contributed by atoms with Crippen molar-refractivity contribution < 1.29 is 10.2 Å². The molecule has 0 unspecified atom stereocenters. The normalized spacial score (nSPS) is 12.1. The van der Waals surface area contributed by atoms with Crippen LogP contribution >= 0.6 is 0 Å². The lowest BCUT2D eigenvalue weighted by Crippen LogP contribution is -2.39. The minimum absolute atomic E-state index is 0.0910. The monoisotopic (exact) mass is 214 g/mol. The van der Waals surface area contributed by atoms with Gasteiger partial charge in [0.1, 0.15) is 0 Å². The number of aromatic amines is 2. The summed E-state index contributed by atoms with van der Waals surface area (Å²) in [6.07, 6.45) is 0. The third kappa shape index (κ3) is 2.00. The molecule has 4 N–H and O–H groups in total. The van der Waals surface area contributed by atoms with Gasteiger partial charge in [0.15, 0.2) is 0 Å². The van der Waals surface area contributed by atoms with Gasteiger partial charge >= 0.3 is 5.69 Å². The highest BCUT2D eigenvalue weighted by Gasteiger charge is 2.33. The van der Waals surface area contributed by atoms with E-state index in [4.69, 9.17) is 0 Å². The maximum atomic E-state index is 11.2. The number of nitrogens with one attached hydrogen (secondary N) is 2. The van der Waals surface area contributed by atoms with E-state index in [1.165, 1.54) is 6.92 Å². The first-order chi connectivity index (χ1) is 6.76.